The predicted octanol–water partition coefficient (Wildman–Crippen LogP) is 5.41. The van der Waals surface area contributed by atoms with Crippen molar-refractivity contribution in [2.24, 2.45) is 0 Å². The van der Waals surface area contributed by atoms with Crippen molar-refractivity contribution in [2.75, 3.05) is 52.4 Å². The van der Waals surface area contributed by atoms with Gasteiger partial charge in [-0.15, -0.1) is 12.4 Å². The van der Waals surface area contributed by atoms with E-state index in [-0.39, 0.29) is 23.8 Å². The molecule has 36 heavy (non-hydrogen) atoms. The number of methoxy groups -OCH3 is 3. The Morgan fingerprint density at radius 1 is 1.00 bits per heavy atom. The molecule has 7 nitrogen and oxygen atoms in total. The summed E-state index contributed by atoms with van der Waals surface area (Å²) in [5.74, 6) is -0.420. The summed E-state index contributed by atoms with van der Waals surface area (Å²) in [6.45, 7) is 6.65. The SMILES string of the molecule is CCN(CC)CCN(C(=O)C=Cc1cc(OC)c(OC)c(OC)c1)c1nc2c(F)cc(F)cc2s1.Cl. The van der Waals surface area contributed by atoms with Crippen molar-refractivity contribution < 1.29 is 27.8 Å². The van der Waals surface area contributed by atoms with Gasteiger partial charge >= 0.3 is 0 Å². The van der Waals surface area contributed by atoms with Crippen LogP contribution in [0.25, 0.3) is 16.3 Å². The van der Waals surface area contributed by atoms with Crippen molar-refractivity contribution in [1.82, 2.24) is 9.88 Å². The number of fused-ring (bicyclic) bond motifs is 1. The molecule has 0 unspecified atom stereocenters. The van der Waals surface area contributed by atoms with Gasteiger partial charge in [0.15, 0.2) is 22.4 Å². The third kappa shape index (κ3) is 6.63. The van der Waals surface area contributed by atoms with Gasteiger partial charge in [0, 0.05) is 25.2 Å². The van der Waals surface area contributed by atoms with Crippen LogP contribution in [0.3, 0.4) is 0 Å². The van der Waals surface area contributed by atoms with Crippen LogP contribution in [0.2, 0.25) is 0 Å². The summed E-state index contributed by atoms with van der Waals surface area (Å²) in [6, 6.07) is 5.46. The van der Waals surface area contributed by atoms with Crippen LogP contribution < -0.4 is 19.1 Å². The molecule has 1 aromatic heterocycles. The number of ether oxygens (including phenoxy) is 3. The Morgan fingerprint density at radius 2 is 1.64 bits per heavy atom. The first kappa shape index (κ1) is 29.3. The molecule has 3 aromatic rings. The largest absolute Gasteiger partial charge is 0.493 e. The maximum absolute atomic E-state index is 14.3. The molecule has 0 saturated heterocycles. The van der Waals surface area contributed by atoms with E-state index in [1.54, 1.807) is 18.2 Å². The van der Waals surface area contributed by atoms with E-state index >= 15 is 0 Å². The minimum atomic E-state index is -0.758. The minimum absolute atomic E-state index is 0. The van der Waals surface area contributed by atoms with Crippen LogP contribution in [-0.2, 0) is 4.79 Å². The summed E-state index contributed by atoms with van der Waals surface area (Å²) in [5, 5.41) is 0.302. The molecule has 1 amide bonds. The Bertz CT molecular complexity index is 1190. The van der Waals surface area contributed by atoms with E-state index in [1.165, 1.54) is 38.4 Å². The first-order valence-electron chi connectivity index (χ1n) is 11.1. The second kappa shape index (κ2) is 13.4. The van der Waals surface area contributed by atoms with Gasteiger partial charge in [0.25, 0.3) is 5.91 Å². The summed E-state index contributed by atoms with van der Waals surface area (Å²) in [5.41, 5.74) is 0.703. The third-order valence-corrected chi connectivity index (χ3v) is 6.56. The van der Waals surface area contributed by atoms with Crippen molar-refractivity contribution in [3.8, 4) is 17.2 Å². The summed E-state index contributed by atoms with van der Waals surface area (Å²) in [4.78, 5) is 21.3. The first-order chi connectivity index (χ1) is 16.8. The highest BCUT2D eigenvalue weighted by Crippen LogP contribution is 2.38. The smallest absolute Gasteiger partial charge is 0.252 e. The van der Waals surface area contributed by atoms with E-state index in [2.05, 4.69) is 9.88 Å². The molecule has 0 aliphatic heterocycles. The van der Waals surface area contributed by atoms with Crippen LogP contribution in [0.1, 0.15) is 19.4 Å². The molecule has 0 bridgehead atoms. The second-order valence-electron chi connectivity index (χ2n) is 7.54. The average molecular weight is 542 g/mol. The van der Waals surface area contributed by atoms with Gasteiger partial charge in [-0.2, -0.15) is 0 Å². The number of anilines is 1. The number of carbonyl (C=O) groups excluding carboxylic acids is 1. The van der Waals surface area contributed by atoms with Crippen molar-refractivity contribution >= 4 is 51.1 Å². The maximum atomic E-state index is 14.3. The molecule has 0 saturated carbocycles. The fourth-order valence-electron chi connectivity index (χ4n) is 3.60. The molecule has 1 heterocycles. The van der Waals surface area contributed by atoms with Crippen molar-refractivity contribution in [2.45, 2.75) is 13.8 Å². The highest BCUT2D eigenvalue weighted by molar-refractivity contribution is 7.22. The lowest BCUT2D eigenvalue weighted by atomic mass is 10.1. The van der Waals surface area contributed by atoms with E-state index in [1.807, 2.05) is 13.8 Å². The van der Waals surface area contributed by atoms with Gasteiger partial charge in [-0.25, -0.2) is 13.8 Å². The highest BCUT2D eigenvalue weighted by atomic mass is 35.5. The normalized spacial score (nSPS) is 11.1. The number of amides is 1. The van der Waals surface area contributed by atoms with Gasteiger partial charge in [0.05, 0.1) is 26.0 Å². The summed E-state index contributed by atoms with van der Waals surface area (Å²) in [6.07, 6.45) is 3.04. The number of hydrogen-bond acceptors (Lipinski definition) is 7. The Morgan fingerprint density at radius 3 is 2.19 bits per heavy atom. The monoisotopic (exact) mass is 541 g/mol. The first-order valence-corrected chi connectivity index (χ1v) is 11.9. The standard InChI is InChI=1S/C25H29F2N3O4S.ClH/c1-6-29(7-2)10-11-30(25-28-23-18(27)14-17(26)15-21(23)35-25)22(31)9-8-16-12-19(32-3)24(34-5)20(13-16)33-4;/h8-9,12-15H,6-7,10-11H2,1-5H3;1H. The molecule has 0 aliphatic carbocycles. The molecule has 196 valence electrons. The highest BCUT2D eigenvalue weighted by Gasteiger charge is 2.21. The second-order valence-corrected chi connectivity index (χ2v) is 8.55. The number of benzene rings is 2. The fourth-order valence-corrected chi connectivity index (χ4v) is 4.63. The summed E-state index contributed by atoms with van der Waals surface area (Å²) in [7, 11) is 4.54. The molecule has 11 heteroatoms. The van der Waals surface area contributed by atoms with Crippen LogP contribution in [0.4, 0.5) is 13.9 Å². The summed E-state index contributed by atoms with van der Waals surface area (Å²) < 4.78 is 44.4. The Hall–Kier alpha value is -2.95. The van der Waals surface area contributed by atoms with Gasteiger partial charge in [-0.3, -0.25) is 9.69 Å². The van der Waals surface area contributed by atoms with Crippen LogP contribution in [0.5, 0.6) is 17.2 Å². The lowest BCUT2D eigenvalue weighted by Gasteiger charge is -2.23. The van der Waals surface area contributed by atoms with Crippen LogP contribution >= 0.6 is 23.7 Å². The molecule has 3 rings (SSSR count). The Kier molecular flexibility index (Phi) is 10.9. The van der Waals surface area contributed by atoms with Crippen LogP contribution in [0, 0.1) is 11.6 Å². The minimum Gasteiger partial charge on any atom is -0.493 e. The Labute approximate surface area is 219 Å². The number of halogens is 3. The number of likely N-dealkylation sites (N-methyl/N-ethyl adjacent to an activating group) is 1. The number of rotatable bonds is 11. The number of thiazole rings is 1. The molecule has 0 atom stereocenters. The molecular weight excluding hydrogens is 512 g/mol. The molecule has 0 N–H and O–H groups in total. The van der Waals surface area contributed by atoms with E-state index in [9.17, 15) is 13.6 Å². The molecular formula is C25H30ClF2N3O4S. The van der Waals surface area contributed by atoms with Crippen molar-refractivity contribution in [1.29, 1.82) is 0 Å². The molecule has 0 spiro atoms. The fraction of sp³-hybridized carbons (Fsp3) is 0.360. The van der Waals surface area contributed by atoms with E-state index in [4.69, 9.17) is 14.2 Å². The quantitative estimate of drug-likeness (QED) is 0.302. The van der Waals surface area contributed by atoms with Crippen molar-refractivity contribution in [3.63, 3.8) is 0 Å². The number of aromatic nitrogens is 1. The van der Waals surface area contributed by atoms with E-state index in [0.29, 0.717) is 45.7 Å². The van der Waals surface area contributed by atoms with Gasteiger partial charge in [0.2, 0.25) is 5.75 Å². The van der Waals surface area contributed by atoms with Gasteiger partial charge in [0.1, 0.15) is 11.3 Å². The Balaban J connectivity index is 0.00000456. The topological polar surface area (TPSA) is 64.1 Å². The average Bonchev–Trinajstić information content (AvgIpc) is 3.28. The summed E-state index contributed by atoms with van der Waals surface area (Å²) >= 11 is 1.07. The molecule has 0 aliphatic rings. The van der Waals surface area contributed by atoms with Gasteiger partial charge in [-0.1, -0.05) is 25.2 Å². The number of nitrogens with zero attached hydrogens (tertiary/aromatic N) is 3. The van der Waals surface area contributed by atoms with E-state index < -0.39 is 11.6 Å². The van der Waals surface area contributed by atoms with Crippen LogP contribution in [0.15, 0.2) is 30.3 Å². The molecule has 0 radical (unpaired) electrons. The number of carbonyl (C=O) groups is 1. The lowest BCUT2D eigenvalue weighted by Crippen LogP contribution is -2.38. The molecule has 0 fully saturated rings. The maximum Gasteiger partial charge on any atom is 0.252 e. The zero-order valence-corrected chi connectivity index (χ0v) is 22.5. The van der Waals surface area contributed by atoms with Gasteiger partial charge < -0.3 is 19.1 Å². The van der Waals surface area contributed by atoms with Gasteiger partial charge in [-0.05, 0) is 42.9 Å². The number of hydrogen-bond donors (Lipinski definition) is 0. The van der Waals surface area contributed by atoms with E-state index in [0.717, 1.165) is 30.5 Å². The third-order valence-electron chi connectivity index (χ3n) is 5.54. The molecule has 2 aromatic carbocycles. The predicted molar refractivity (Wildman–Crippen MR) is 142 cm³/mol. The van der Waals surface area contributed by atoms with Crippen LogP contribution in [-0.4, -0.2) is 63.3 Å². The zero-order chi connectivity index (χ0) is 25.5. The lowest BCUT2D eigenvalue weighted by molar-refractivity contribution is -0.114. The zero-order valence-electron chi connectivity index (χ0n) is 20.8. The van der Waals surface area contributed by atoms with Crippen molar-refractivity contribution in [3.05, 3.63) is 47.5 Å².